The van der Waals surface area contributed by atoms with E-state index in [1.54, 1.807) is 16.8 Å². The lowest BCUT2D eigenvalue weighted by molar-refractivity contribution is 0.157. The Morgan fingerprint density at radius 1 is 1.10 bits per heavy atom. The van der Waals surface area contributed by atoms with Crippen LogP contribution in [-0.4, -0.2) is 16.0 Å². The molecule has 2 bridgehead atoms. The van der Waals surface area contributed by atoms with Crippen molar-refractivity contribution in [2.75, 3.05) is 5.32 Å². The van der Waals surface area contributed by atoms with Crippen LogP contribution in [0.5, 0.6) is 0 Å². The molecular weight excluding hydrogens is 278 g/mol. The minimum absolute atomic E-state index is 0.646. The lowest BCUT2D eigenvalue weighted by Gasteiger charge is -2.42. The molecule has 6 rings (SSSR count). The summed E-state index contributed by atoms with van der Waals surface area (Å²) in [5, 5.41) is 5.17. The van der Waals surface area contributed by atoms with Crippen LogP contribution in [0.25, 0.3) is 10.2 Å². The molecule has 4 aliphatic rings. The molecule has 2 aromatic heterocycles. The first kappa shape index (κ1) is 12.4. The zero-order valence-corrected chi connectivity index (χ0v) is 13.1. The van der Waals surface area contributed by atoms with Gasteiger partial charge in [-0.3, -0.25) is 0 Å². The number of rotatable bonds is 2. The SMILES string of the molecule is c1nc(NC2CC3CCC2CC3)c2c3c(sc2n1)CCC3. The molecule has 4 aliphatic carbocycles. The summed E-state index contributed by atoms with van der Waals surface area (Å²) < 4.78 is 0. The molecule has 1 atom stereocenters. The summed E-state index contributed by atoms with van der Waals surface area (Å²) in [5.41, 5.74) is 1.54. The van der Waals surface area contributed by atoms with Crippen LogP contribution in [0, 0.1) is 11.8 Å². The second-order valence-corrected chi connectivity index (χ2v) is 8.11. The van der Waals surface area contributed by atoms with Crippen molar-refractivity contribution in [1.82, 2.24) is 9.97 Å². The van der Waals surface area contributed by atoms with Gasteiger partial charge in [0.2, 0.25) is 0 Å². The van der Waals surface area contributed by atoms with Crippen molar-refractivity contribution >= 4 is 27.4 Å². The van der Waals surface area contributed by atoms with E-state index in [0.29, 0.717) is 6.04 Å². The van der Waals surface area contributed by atoms with Gasteiger partial charge in [-0.2, -0.15) is 0 Å². The fourth-order valence-corrected chi connectivity index (χ4v) is 6.00. The van der Waals surface area contributed by atoms with Gasteiger partial charge in [0.1, 0.15) is 17.0 Å². The van der Waals surface area contributed by atoms with Crippen LogP contribution in [0.15, 0.2) is 6.33 Å². The third-order valence-electron chi connectivity index (χ3n) is 5.87. The van der Waals surface area contributed by atoms with Crippen molar-refractivity contribution in [2.45, 2.75) is 57.4 Å². The van der Waals surface area contributed by atoms with E-state index in [9.17, 15) is 0 Å². The molecule has 3 saturated carbocycles. The number of nitrogens with one attached hydrogen (secondary N) is 1. The van der Waals surface area contributed by atoms with Crippen LogP contribution in [0.2, 0.25) is 0 Å². The monoisotopic (exact) mass is 299 g/mol. The fourth-order valence-electron chi connectivity index (χ4n) is 4.77. The highest BCUT2D eigenvalue weighted by Crippen LogP contribution is 2.44. The number of anilines is 1. The summed E-state index contributed by atoms with van der Waals surface area (Å²) in [5.74, 6) is 2.95. The average Bonchev–Trinajstić information content (AvgIpc) is 3.09. The van der Waals surface area contributed by atoms with Gasteiger partial charge in [-0.1, -0.05) is 12.8 Å². The molecular formula is C17H21N3S. The Morgan fingerprint density at radius 3 is 2.81 bits per heavy atom. The Labute approximate surface area is 129 Å². The lowest BCUT2D eigenvalue weighted by atomic mass is 9.68. The molecule has 0 amide bonds. The number of thiophene rings is 1. The molecule has 0 spiro atoms. The van der Waals surface area contributed by atoms with E-state index in [0.717, 1.165) is 17.7 Å². The van der Waals surface area contributed by atoms with E-state index in [1.807, 2.05) is 11.3 Å². The van der Waals surface area contributed by atoms with Crippen molar-refractivity contribution in [1.29, 1.82) is 0 Å². The second-order valence-electron chi connectivity index (χ2n) is 7.03. The van der Waals surface area contributed by atoms with E-state index in [2.05, 4.69) is 15.3 Å². The molecule has 110 valence electrons. The van der Waals surface area contributed by atoms with E-state index in [4.69, 9.17) is 0 Å². The smallest absolute Gasteiger partial charge is 0.138 e. The van der Waals surface area contributed by atoms with Crippen LogP contribution in [-0.2, 0) is 12.8 Å². The van der Waals surface area contributed by atoms with Crippen molar-refractivity contribution in [2.24, 2.45) is 11.8 Å². The van der Waals surface area contributed by atoms with Crippen molar-refractivity contribution in [3.8, 4) is 0 Å². The quantitative estimate of drug-likeness (QED) is 0.904. The molecule has 2 aromatic rings. The molecule has 1 unspecified atom stereocenters. The van der Waals surface area contributed by atoms with Crippen molar-refractivity contribution in [3.63, 3.8) is 0 Å². The minimum Gasteiger partial charge on any atom is -0.366 e. The Hall–Kier alpha value is -1.16. The van der Waals surface area contributed by atoms with Gasteiger partial charge in [0.15, 0.2) is 0 Å². The third-order valence-corrected chi connectivity index (χ3v) is 7.07. The molecule has 4 heteroatoms. The van der Waals surface area contributed by atoms with Gasteiger partial charge in [-0.25, -0.2) is 9.97 Å². The summed E-state index contributed by atoms with van der Waals surface area (Å²) in [6.45, 7) is 0. The zero-order chi connectivity index (χ0) is 13.8. The number of aromatic nitrogens is 2. The van der Waals surface area contributed by atoms with E-state index in [-0.39, 0.29) is 0 Å². The predicted octanol–water partition coefficient (Wildman–Crippen LogP) is 4.17. The van der Waals surface area contributed by atoms with Crippen LogP contribution >= 0.6 is 11.3 Å². The maximum atomic E-state index is 4.62. The van der Waals surface area contributed by atoms with E-state index < -0.39 is 0 Å². The summed E-state index contributed by atoms with van der Waals surface area (Å²) in [4.78, 5) is 11.9. The summed E-state index contributed by atoms with van der Waals surface area (Å²) in [7, 11) is 0. The Kier molecular flexibility index (Phi) is 2.75. The zero-order valence-electron chi connectivity index (χ0n) is 12.3. The number of nitrogens with zero attached hydrogens (tertiary/aromatic N) is 2. The van der Waals surface area contributed by atoms with Gasteiger partial charge in [0, 0.05) is 10.9 Å². The van der Waals surface area contributed by atoms with Gasteiger partial charge in [0.05, 0.1) is 5.39 Å². The number of hydrogen-bond donors (Lipinski definition) is 1. The van der Waals surface area contributed by atoms with Crippen LogP contribution < -0.4 is 5.32 Å². The Bertz CT molecular complexity index is 685. The van der Waals surface area contributed by atoms with Crippen molar-refractivity contribution < 1.29 is 0 Å². The normalized spacial score (nSPS) is 30.8. The van der Waals surface area contributed by atoms with Gasteiger partial charge in [-0.05, 0) is 55.9 Å². The molecule has 0 aliphatic heterocycles. The summed E-state index contributed by atoms with van der Waals surface area (Å²) >= 11 is 1.89. The van der Waals surface area contributed by atoms with Gasteiger partial charge < -0.3 is 5.32 Å². The van der Waals surface area contributed by atoms with E-state index in [1.165, 1.54) is 61.6 Å². The molecule has 1 N–H and O–H groups in total. The molecule has 21 heavy (non-hydrogen) atoms. The third kappa shape index (κ3) is 1.91. The highest BCUT2D eigenvalue weighted by atomic mass is 32.1. The molecule has 3 fully saturated rings. The lowest BCUT2D eigenvalue weighted by Crippen LogP contribution is -2.40. The largest absolute Gasteiger partial charge is 0.366 e. The molecule has 0 saturated heterocycles. The first-order valence-corrected chi connectivity index (χ1v) is 9.22. The number of aryl methyl sites for hydroxylation is 2. The van der Waals surface area contributed by atoms with Gasteiger partial charge >= 0.3 is 0 Å². The van der Waals surface area contributed by atoms with E-state index >= 15 is 0 Å². The highest BCUT2D eigenvalue weighted by molar-refractivity contribution is 7.19. The molecule has 2 heterocycles. The summed E-state index contributed by atoms with van der Waals surface area (Å²) in [6, 6.07) is 0.646. The van der Waals surface area contributed by atoms with Crippen LogP contribution in [0.3, 0.4) is 0 Å². The Morgan fingerprint density at radius 2 is 2.00 bits per heavy atom. The maximum absolute atomic E-state index is 4.62. The summed E-state index contributed by atoms with van der Waals surface area (Å²) in [6.07, 6.45) is 12.6. The second kappa shape index (κ2) is 4.67. The van der Waals surface area contributed by atoms with Crippen LogP contribution in [0.4, 0.5) is 5.82 Å². The van der Waals surface area contributed by atoms with Crippen molar-refractivity contribution in [3.05, 3.63) is 16.8 Å². The predicted molar refractivity (Wildman–Crippen MR) is 86.9 cm³/mol. The first-order valence-electron chi connectivity index (χ1n) is 8.40. The van der Waals surface area contributed by atoms with Gasteiger partial charge in [0.25, 0.3) is 0 Å². The first-order chi connectivity index (χ1) is 10.4. The average molecular weight is 299 g/mol. The maximum Gasteiger partial charge on any atom is 0.138 e. The fraction of sp³-hybridized carbons (Fsp3) is 0.647. The minimum atomic E-state index is 0.646. The number of fused-ring (bicyclic) bond motifs is 6. The molecule has 0 aromatic carbocycles. The highest BCUT2D eigenvalue weighted by Gasteiger charge is 2.36. The Balaban J connectivity index is 1.53. The van der Waals surface area contributed by atoms with Crippen LogP contribution in [0.1, 0.15) is 49.0 Å². The topological polar surface area (TPSA) is 37.8 Å². The molecule has 0 radical (unpaired) electrons. The standard InChI is InChI=1S/C17H21N3S/c1-2-12-14(3-1)21-17-15(12)16(18-9-19-17)20-13-8-10-4-6-11(13)7-5-10/h9-11,13H,1-8H2,(H,18,19,20). The number of hydrogen-bond acceptors (Lipinski definition) is 4. The molecule has 3 nitrogen and oxygen atoms in total. The van der Waals surface area contributed by atoms with Gasteiger partial charge in [-0.15, -0.1) is 11.3 Å².